The van der Waals surface area contributed by atoms with Gasteiger partial charge in [0.25, 0.3) is 0 Å². The highest BCUT2D eigenvalue weighted by Crippen LogP contribution is 2.32. The summed E-state index contributed by atoms with van der Waals surface area (Å²) in [5.74, 6) is -0.731. The number of carbonyl (C=O) groups excluding carboxylic acids is 4. The van der Waals surface area contributed by atoms with Crippen LogP contribution in [0.15, 0.2) is 48.0 Å². The van der Waals surface area contributed by atoms with Gasteiger partial charge in [-0.15, -0.1) is 0 Å². The first-order chi connectivity index (χ1) is 20.9. The first kappa shape index (κ1) is 33.6. The second kappa shape index (κ2) is 17.9. The maximum absolute atomic E-state index is 12.9. The van der Waals surface area contributed by atoms with Gasteiger partial charge in [0.2, 0.25) is 0 Å². The quantitative estimate of drug-likeness (QED) is 0.0746. The molecule has 0 spiro atoms. The van der Waals surface area contributed by atoms with Crippen LogP contribution in [0.3, 0.4) is 0 Å². The number of nitrogens with zero attached hydrogens (tertiary/aromatic N) is 1. The number of allylic oxidation sites excluding steroid dienone is 1. The monoisotopic (exact) mass is 591 g/mol. The van der Waals surface area contributed by atoms with Crippen LogP contribution in [-0.2, 0) is 19.1 Å². The van der Waals surface area contributed by atoms with E-state index >= 15 is 0 Å². The van der Waals surface area contributed by atoms with Crippen molar-refractivity contribution >= 4 is 35.3 Å². The molecule has 2 aromatic carbocycles. The van der Waals surface area contributed by atoms with Crippen LogP contribution in [0.4, 0.5) is 5.69 Å². The highest BCUT2D eigenvalue weighted by atomic mass is 16.5. The zero-order chi connectivity index (χ0) is 31.0. The summed E-state index contributed by atoms with van der Waals surface area (Å²) < 4.78 is 16.5. The van der Waals surface area contributed by atoms with E-state index in [0.717, 1.165) is 57.1 Å². The van der Waals surface area contributed by atoms with Crippen molar-refractivity contribution in [2.45, 2.75) is 78.1 Å². The van der Waals surface area contributed by atoms with Crippen LogP contribution in [0.1, 0.15) is 104 Å². The van der Waals surface area contributed by atoms with Crippen LogP contribution in [0.2, 0.25) is 0 Å². The zero-order valence-electron chi connectivity index (χ0n) is 25.8. The Balaban J connectivity index is 1.72. The van der Waals surface area contributed by atoms with Gasteiger partial charge >= 0.3 is 11.9 Å². The van der Waals surface area contributed by atoms with E-state index in [9.17, 15) is 19.2 Å². The fourth-order valence-corrected chi connectivity index (χ4v) is 4.97. The number of ether oxygens (including phenoxy) is 3. The number of anilines is 1. The highest BCUT2D eigenvalue weighted by molar-refractivity contribution is 6.41. The number of hydrogen-bond donors (Lipinski definition) is 0. The maximum atomic E-state index is 12.9. The Kier molecular flexibility index (Phi) is 14.0. The molecule has 0 unspecified atom stereocenters. The summed E-state index contributed by atoms with van der Waals surface area (Å²) in [5, 5.41) is 0. The number of methoxy groups -OCH3 is 1. The molecule has 1 aliphatic rings. The summed E-state index contributed by atoms with van der Waals surface area (Å²) >= 11 is 0. The van der Waals surface area contributed by atoms with E-state index < -0.39 is 0 Å². The molecule has 0 atom stereocenters. The summed E-state index contributed by atoms with van der Waals surface area (Å²) in [6, 6.07) is 12.2. The molecule has 232 valence electrons. The van der Waals surface area contributed by atoms with E-state index in [-0.39, 0.29) is 41.9 Å². The van der Waals surface area contributed by atoms with Crippen LogP contribution < -0.4 is 9.64 Å². The van der Waals surface area contributed by atoms with Crippen LogP contribution in [0.5, 0.6) is 5.75 Å². The van der Waals surface area contributed by atoms with Crippen molar-refractivity contribution in [3.8, 4) is 5.75 Å². The summed E-state index contributed by atoms with van der Waals surface area (Å²) in [6.07, 6.45) is 10.1. The van der Waals surface area contributed by atoms with Crippen molar-refractivity contribution in [3.05, 3.63) is 64.7 Å². The van der Waals surface area contributed by atoms with Gasteiger partial charge in [0.1, 0.15) is 5.75 Å². The summed E-state index contributed by atoms with van der Waals surface area (Å²) in [6.45, 7) is 5.76. The number of rotatable bonds is 19. The van der Waals surface area contributed by atoms with E-state index in [1.165, 1.54) is 7.11 Å². The van der Waals surface area contributed by atoms with Crippen LogP contribution in [-0.4, -0.2) is 56.9 Å². The smallest absolute Gasteiger partial charge is 0.307 e. The maximum Gasteiger partial charge on any atom is 0.307 e. The lowest BCUT2D eigenvalue weighted by molar-refractivity contribution is -0.144. The minimum Gasteiger partial charge on any atom is -0.496 e. The standard InChI is InChI=1S/C35H45NO7/c1-4-6-8-12-22-42-32(37)18-20-36(21-19-33(38)43-23-13-9-7-5-2)27-17-16-26(31(25-27)41-3)24-30-34(39)28-14-10-11-15-29(28)35(30)40/h10-11,14-17,24-25H,4-9,12-13,18-23H2,1-3H3. The Labute approximate surface area is 255 Å². The number of Topliss-reactive ketones (excluding diaryl/α,β-unsaturated/α-hetero) is 2. The molecule has 0 amide bonds. The number of carbonyl (C=O) groups is 4. The normalized spacial score (nSPS) is 12.2. The zero-order valence-corrected chi connectivity index (χ0v) is 25.8. The predicted octanol–water partition coefficient (Wildman–Crippen LogP) is 6.99. The van der Waals surface area contributed by atoms with E-state index in [0.29, 0.717) is 48.7 Å². The van der Waals surface area contributed by atoms with Gasteiger partial charge in [0, 0.05) is 41.5 Å². The fraction of sp³-hybridized carbons (Fsp3) is 0.486. The minimum atomic E-state index is -0.310. The first-order valence-electron chi connectivity index (χ1n) is 15.5. The largest absolute Gasteiger partial charge is 0.496 e. The van der Waals surface area contributed by atoms with Crippen molar-refractivity contribution in [2.75, 3.05) is 38.3 Å². The molecule has 43 heavy (non-hydrogen) atoms. The van der Waals surface area contributed by atoms with Gasteiger partial charge in [-0.05, 0) is 31.1 Å². The SMILES string of the molecule is CCCCCCOC(=O)CCN(CCC(=O)OCCCCCC)c1ccc(C=C2C(=O)c3ccccc3C2=O)c(OC)c1. The molecular weight excluding hydrogens is 546 g/mol. The van der Waals surface area contributed by atoms with E-state index in [2.05, 4.69) is 13.8 Å². The lowest BCUT2D eigenvalue weighted by Crippen LogP contribution is -2.29. The van der Waals surface area contributed by atoms with E-state index in [1.807, 2.05) is 11.0 Å². The number of unbranched alkanes of at least 4 members (excludes halogenated alkanes) is 6. The van der Waals surface area contributed by atoms with E-state index in [1.54, 1.807) is 42.5 Å². The lowest BCUT2D eigenvalue weighted by Gasteiger charge is -2.25. The molecule has 0 aromatic heterocycles. The van der Waals surface area contributed by atoms with Crippen LogP contribution in [0.25, 0.3) is 6.08 Å². The third-order valence-electron chi connectivity index (χ3n) is 7.48. The Morgan fingerprint density at radius 1 is 0.744 bits per heavy atom. The molecule has 0 fully saturated rings. The minimum absolute atomic E-state index is 0.0903. The molecule has 0 saturated carbocycles. The molecule has 1 aliphatic carbocycles. The Bertz CT molecular complexity index is 1220. The molecule has 2 aromatic rings. The molecule has 8 nitrogen and oxygen atoms in total. The van der Waals surface area contributed by atoms with Gasteiger partial charge in [-0.3, -0.25) is 19.2 Å². The van der Waals surface area contributed by atoms with Crippen molar-refractivity contribution in [1.82, 2.24) is 0 Å². The van der Waals surface area contributed by atoms with Gasteiger partial charge in [-0.1, -0.05) is 76.6 Å². The molecular formula is C35H45NO7. The molecule has 3 rings (SSSR count). The molecule has 0 N–H and O–H groups in total. The number of fused-ring (bicyclic) bond motifs is 1. The molecule has 0 saturated heterocycles. The molecule has 8 heteroatoms. The molecule has 0 aliphatic heterocycles. The fourth-order valence-electron chi connectivity index (χ4n) is 4.97. The van der Waals surface area contributed by atoms with Crippen molar-refractivity contribution in [3.63, 3.8) is 0 Å². The average Bonchev–Trinajstić information content (AvgIpc) is 3.26. The summed E-state index contributed by atoms with van der Waals surface area (Å²) in [5.41, 5.74) is 2.20. The van der Waals surface area contributed by atoms with Crippen molar-refractivity contribution < 1.29 is 33.4 Å². The topological polar surface area (TPSA) is 99.2 Å². The Morgan fingerprint density at radius 3 is 1.77 bits per heavy atom. The van der Waals surface area contributed by atoms with Gasteiger partial charge in [0.15, 0.2) is 11.6 Å². The second-order valence-corrected chi connectivity index (χ2v) is 10.7. The summed E-state index contributed by atoms with van der Waals surface area (Å²) in [4.78, 5) is 52.7. The van der Waals surface area contributed by atoms with Crippen molar-refractivity contribution in [2.24, 2.45) is 0 Å². The van der Waals surface area contributed by atoms with Gasteiger partial charge < -0.3 is 19.1 Å². The second-order valence-electron chi connectivity index (χ2n) is 10.7. The molecule has 0 radical (unpaired) electrons. The number of hydrogen-bond acceptors (Lipinski definition) is 8. The molecule has 0 heterocycles. The Hall–Kier alpha value is -3.94. The first-order valence-corrected chi connectivity index (χ1v) is 15.5. The third-order valence-corrected chi connectivity index (χ3v) is 7.48. The summed E-state index contributed by atoms with van der Waals surface area (Å²) in [7, 11) is 1.52. The van der Waals surface area contributed by atoms with Crippen LogP contribution >= 0.6 is 0 Å². The number of esters is 2. The third kappa shape index (κ3) is 10.1. The van der Waals surface area contributed by atoms with Gasteiger partial charge in [-0.2, -0.15) is 0 Å². The Morgan fingerprint density at radius 2 is 1.28 bits per heavy atom. The highest BCUT2D eigenvalue weighted by Gasteiger charge is 2.32. The van der Waals surface area contributed by atoms with E-state index in [4.69, 9.17) is 14.2 Å². The number of benzene rings is 2. The van der Waals surface area contributed by atoms with Gasteiger partial charge in [0.05, 0.1) is 38.7 Å². The predicted molar refractivity (Wildman–Crippen MR) is 168 cm³/mol. The average molecular weight is 592 g/mol. The number of ketones is 2. The van der Waals surface area contributed by atoms with Gasteiger partial charge in [-0.25, -0.2) is 0 Å². The molecule has 0 bridgehead atoms. The van der Waals surface area contributed by atoms with Crippen LogP contribution in [0, 0.1) is 0 Å². The van der Waals surface area contributed by atoms with Crippen molar-refractivity contribution in [1.29, 1.82) is 0 Å². The lowest BCUT2D eigenvalue weighted by atomic mass is 10.1.